The second kappa shape index (κ2) is 9.11. The van der Waals surface area contributed by atoms with Crippen LogP contribution in [0.15, 0.2) is 30.3 Å². The van der Waals surface area contributed by atoms with Crippen LogP contribution in [0.4, 0.5) is 5.69 Å². The second-order valence-electron chi connectivity index (χ2n) is 7.52. The first-order chi connectivity index (χ1) is 14.4. The number of carbonyl (C=O) groups is 3. The van der Waals surface area contributed by atoms with E-state index in [1.807, 2.05) is 38.1 Å². The van der Waals surface area contributed by atoms with Gasteiger partial charge in [-0.2, -0.15) is 5.10 Å². The van der Waals surface area contributed by atoms with Crippen molar-refractivity contribution in [3.63, 3.8) is 0 Å². The Hall–Kier alpha value is -3.16. The standard InChI is InChI=1S/C22H28N4O4/c1-5-7-15(6-2)23-20(27)19-13-25-18(12-17(24-25)22(29)30-4)21(28)26(19)16-10-8-14(3)9-11-16/h8-12,15,19H,5-7,13H2,1-4H3,(H,23,27). The lowest BCUT2D eigenvalue weighted by Gasteiger charge is -2.35. The number of benzene rings is 1. The van der Waals surface area contributed by atoms with Gasteiger partial charge in [0, 0.05) is 17.8 Å². The lowest BCUT2D eigenvalue weighted by Crippen LogP contribution is -2.57. The average molecular weight is 412 g/mol. The molecule has 0 saturated carbocycles. The molecule has 1 aromatic carbocycles. The SMILES string of the molecule is CCCC(CC)NC(=O)C1Cn2nc(C(=O)OC)cc2C(=O)N1c1ccc(C)cc1. The molecule has 1 aliphatic heterocycles. The van der Waals surface area contributed by atoms with E-state index in [-0.39, 0.29) is 35.8 Å². The van der Waals surface area contributed by atoms with Crippen molar-refractivity contribution in [2.45, 2.75) is 58.7 Å². The Balaban J connectivity index is 2.00. The van der Waals surface area contributed by atoms with E-state index in [1.165, 1.54) is 22.8 Å². The number of methoxy groups -OCH3 is 1. The van der Waals surface area contributed by atoms with Gasteiger partial charge in [-0.05, 0) is 31.9 Å². The third-order valence-corrected chi connectivity index (χ3v) is 5.36. The van der Waals surface area contributed by atoms with Gasteiger partial charge >= 0.3 is 5.97 Å². The van der Waals surface area contributed by atoms with Gasteiger partial charge < -0.3 is 10.1 Å². The Labute approximate surface area is 176 Å². The van der Waals surface area contributed by atoms with E-state index in [0.29, 0.717) is 5.69 Å². The van der Waals surface area contributed by atoms with Gasteiger partial charge in [0.2, 0.25) is 5.91 Å². The first kappa shape index (κ1) is 21.5. The van der Waals surface area contributed by atoms with E-state index < -0.39 is 12.0 Å². The number of amides is 2. The predicted molar refractivity (Wildman–Crippen MR) is 112 cm³/mol. The Morgan fingerprint density at radius 2 is 1.97 bits per heavy atom. The minimum Gasteiger partial charge on any atom is -0.464 e. The zero-order chi connectivity index (χ0) is 21.8. The molecule has 0 radical (unpaired) electrons. The minimum absolute atomic E-state index is 0.0436. The number of hydrogen-bond donors (Lipinski definition) is 1. The van der Waals surface area contributed by atoms with Gasteiger partial charge in [-0.15, -0.1) is 0 Å². The van der Waals surface area contributed by atoms with Crippen molar-refractivity contribution in [2.24, 2.45) is 0 Å². The van der Waals surface area contributed by atoms with E-state index >= 15 is 0 Å². The van der Waals surface area contributed by atoms with E-state index in [1.54, 1.807) is 0 Å². The van der Waals surface area contributed by atoms with Crippen molar-refractivity contribution < 1.29 is 19.1 Å². The number of aryl methyl sites for hydroxylation is 1. The largest absolute Gasteiger partial charge is 0.464 e. The van der Waals surface area contributed by atoms with Crippen molar-refractivity contribution in [1.29, 1.82) is 0 Å². The van der Waals surface area contributed by atoms with Gasteiger partial charge in [-0.3, -0.25) is 19.2 Å². The monoisotopic (exact) mass is 412 g/mol. The number of fused-ring (bicyclic) bond motifs is 1. The van der Waals surface area contributed by atoms with Crippen molar-refractivity contribution in [3.05, 3.63) is 47.3 Å². The van der Waals surface area contributed by atoms with Crippen LogP contribution in [-0.2, 0) is 16.1 Å². The zero-order valence-corrected chi connectivity index (χ0v) is 17.8. The third kappa shape index (κ3) is 4.22. The number of esters is 1. The third-order valence-electron chi connectivity index (χ3n) is 5.36. The van der Waals surface area contributed by atoms with Crippen LogP contribution in [0.25, 0.3) is 0 Å². The van der Waals surface area contributed by atoms with Crippen LogP contribution < -0.4 is 10.2 Å². The molecule has 2 aromatic rings. The summed E-state index contributed by atoms with van der Waals surface area (Å²) in [5.41, 5.74) is 1.97. The molecule has 1 N–H and O–H groups in total. The summed E-state index contributed by atoms with van der Waals surface area (Å²) < 4.78 is 6.14. The molecule has 2 unspecified atom stereocenters. The summed E-state index contributed by atoms with van der Waals surface area (Å²) in [6.45, 7) is 6.21. The Kier molecular flexibility index (Phi) is 6.54. The quantitative estimate of drug-likeness (QED) is 0.706. The van der Waals surface area contributed by atoms with Crippen molar-refractivity contribution >= 4 is 23.5 Å². The number of hydrogen-bond acceptors (Lipinski definition) is 5. The van der Waals surface area contributed by atoms with Gasteiger partial charge in [0.25, 0.3) is 5.91 Å². The average Bonchev–Trinajstić information content (AvgIpc) is 3.18. The molecule has 0 bridgehead atoms. The lowest BCUT2D eigenvalue weighted by molar-refractivity contribution is -0.123. The summed E-state index contributed by atoms with van der Waals surface area (Å²) in [6.07, 6.45) is 2.63. The summed E-state index contributed by atoms with van der Waals surface area (Å²) >= 11 is 0. The Morgan fingerprint density at radius 3 is 2.57 bits per heavy atom. The minimum atomic E-state index is -0.774. The lowest BCUT2D eigenvalue weighted by atomic mass is 10.1. The molecule has 1 aromatic heterocycles. The molecule has 0 aliphatic carbocycles. The molecule has 2 atom stereocenters. The highest BCUT2D eigenvalue weighted by atomic mass is 16.5. The van der Waals surface area contributed by atoms with Crippen molar-refractivity contribution in [1.82, 2.24) is 15.1 Å². The van der Waals surface area contributed by atoms with Gasteiger partial charge in [0.15, 0.2) is 5.69 Å². The highest BCUT2D eigenvalue weighted by Gasteiger charge is 2.40. The molecule has 8 nitrogen and oxygen atoms in total. The van der Waals surface area contributed by atoms with Crippen LogP contribution in [0, 0.1) is 6.92 Å². The van der Waals surface area contributed by atoms with Crippen LogP contribution >= 0.6 is 0 Å². The van der Waals surface area contributed by atoms with E-state index in [4.69, 9.17) is 4.74 Å². The number of nitrogens with zero attached hydrogens (tertiary/aromatic N) is 3. The topological polar surface area (TPSA) is 93.5 Å². The molecule has 0 saturated heterocycles. The summed E-state index contributed by atoms with van der Waals surface area (Å²) in [5, 5.41) is 7.27. The molecule has 2 amide bonds. The van der Waals surface area contributed by atoms with Crippen LogP contribution in [0.5, 0.6) is 0 Å². The summed E-state index contributed by atoms with van der Waals surface area (Å²) in [7, 11) is 1.26. The molecule has 8 heteroatoms. The maximum absolute atomic E-state index is 13.4. The van der Waals surface area contributed by atoms with Crippen LogP contribution in [0.2, 0.25) is 0 Å². The Bertz CT molecular complexity index is 935. The first-order valence-electron chi connectivity index (χ1n) is 10.3. The van der Waals surface area contributed by atoms with Crippen LogP contribution in [0.1, 0.15) is 59.7 Å². The molecular weight excluding hydrogens is 384 g/mol. The number of aromatic nitrogens is 2. The Morgan fingerprint density at radius 1 is 1.27 bits per heavy atom. The summed E-state index contributed by atoms with van der Waals surface area (Å²) in [4.78, 5) is 40.0. The molecule has 3 rings (SSSR count). The molecule has 0 fully saturated rings. The fourth-order valence-corrected chi connectivity index (χ4v) is 3.67. The zero-order valence-electron chi connectivity index (χ0n) is 17.8. The molecule has 30 heavy (non-hydrogen) atoms. The summed E-state index contributed by atoms with van der Waals surface area (Å²) in [6, 6.07) is 8.12. The van der Waals surface area contributed by atoms with Gasteiger partial charge in [-0.25, -0.2) is 4.79 Å². The van der Waals surface area contributed by atoms with Gasteiger partial charge in [-0.1, -0.05) is 38.0 Å². The van der Waals surface area contributed by atoms with Crippen LogP contribution in [-0.4, -0.2) is 46.8 Å². The molecule has 2 heterocycles. The van der Waals surface area contributed by atoms with E-state index in [9.17, 15) is 14.4 Å². The number of rotatable bonds is 7. The summed E-state index contributed by atoms with van der Waals surface area (Å²) in [5.74, 6) is -1.23. The van der Waals surface area contributed by atoms with E-state index in [0.717, 1.165) is 24.8 Å². The number of carbonyl (C=O) groups excluding carboxylic acids is 3. The van der Waals surface area contributed by atoms with Gasteiger partial charge in [0.1, 0.15) is 11.7 Å². The van der Waals surface area contributed by atoms with Gasteiger partial charge in [0.05, 0.1) is 13.7 Å². The smallest absolute Gasteiger partial charge is 0.358 e. The number of anilines is 1. The fourth-order valence-electron chi connectivity index (χ4n) is 3.67. The van der Waals surface area contributed by atoms with Crippen molar-refractivity contribution in [3.8, 4) is 0 Å². The fraction of sp³-hybridized carbons (Fsp3) is 0.455. The van der Waals surface area contributed by atoms with Crippen molar-refractivity contribution in [2.75, 3.05) is 12.0 Å². The number of nitrogens with one attached hydrogen (secondary N) is 1. The first-order valence-corrected chi connectivity index (χ1v) is 10.3. The maximum atomic E-state index is 13.4. The molecule has 0 spiro atoms. The highest BCUT2D eigenvalue weighted by Crippen LogP contribution is 2.26. The molecular formula is C22H28N4O4. The second-order valence-corrected chi connectivity index (χ2v) is 7.52. The normalized spacial score (nSPS) is 16.7. The number of ether oxygens (including phenoxy) is 1. The van der Waals surface area contributed by atoms with Crippen LogP contribution in [0.3, 0.4) is 0 Å². The molecule has 1 aliphatic rings. The molecule has 160 valence electrons. The predicted octanol–water partition coefficient (Wildman–Crippen LogP) is 2.70. The maximum Gasteiger partial charge on any atom is 0.358 e. The van der Waals surface area contributed by atoms with E-state index in [2.05, 4.69) is 17.3 Å². The highest BCUT2D eigenvalue weighted by molar-refractivity contribution is 6.10.